The van der Waals surface area contributed by atoms with Crippen LogP contribution >= 0.6 is 0 Å². The van der Waals surface area contributed by atoms with E-state index in [1.165, 1.54) is 0 Å². The zero-order valence-electron chi connectivity index (χ0n) is 14.1. The maximum absolute atomic E-state index is 13.1. The monoisotopic (exact) mass is 327 g/mol. The Morgan fingerprint density at radius 3 is 2.96 bits per heavy atom. The normalized spacial score (nSPS) is 18.2. The quantitative estimate of drug-likeness (QED) is 0.742. The Hall–Kier alpha value is -2.57. The van der Waals surface area contributed by atoms with Gasteiger partial charge < -0.3 is 14.0 Å². The largest absolute Gasteiger partial charge is 0.361 e. The van der Waals surface area contributed by atoms with Crippen molar-refractivity contribution in [1.29, 1.82) is 0 Å². The smallest absolute Gasteiger partial charge is 0.259 e. The molecule has 0 saturated carbocycles. The van der Waals surface area contributed by atoms with Crippen LogP contribution in [0.15, 0.2) is 29.2 Å². The van der Waals surface area contributed by atoms with E-state index >= 15 is 0 Å². The summed E-state index contributed by atoms with van der Waals surface area (Å²) in [5.74, 6) is 1.15. The van der Waals surface area contributed by atoms with Gasteiger partial charge in [-0.3, -0.25) is 4.79 Å². The van der Waals surface area contributed by atoms with Gasteiger partial charge in [0.15, 0.2) is 0 Å². The topological polar surface area (TPSA) is 68.6 Å². The van der Waals surface area contributed by atoms with Crippen LogP contribution in [0.5, 0.6) is 0 Å². The average molecular weight is 327 g/mol. The number of hydrogen-bond acceptors (Lipinski definition) is 4. The summed E-state index contributed by atoms with van der Waals surface area (Å²) in [4.78, 5) is 15.0. The van der Waals surface area contributed by atoms with Gasteiger partial charge >= 0.3 is 0 Å². The number of nitrogens with zero attached hydrogens (tertiary/aromatic N) is 5. The summed E-state index contributed by atoms with van der Waals surface area (Å²) < 4.78 is 9.07. The molecule has 1 atom stereocenters. The zero-order chi connectivity index (χ0) is 16.8. The van der Waals surface area contributed by atoms with Gasteiger partial charge in [0.05, 0.1) is 12.2 Å². The molecule has 0 radical (unpaired) electrons. The Morgan fingerprint density at radius 1 is 1.38 bits per heavy atom. The molecule has 1 amide bonds. The molecule has 3 aromatic heterocycles. The molecule has 1 fully saturated rings. The SMILES string of the molecule is CC(C)c1cc([C@H]2CCCN2C(=O)c2cnn3ccn(C)c23)no1. The van der Waals surface area contributed by atoms with Crippen molar-refractivity contribution in [2.75, 3.05) is 6.54 Å². The van der Waals surface area contributed by atoms with Gasteiger partial charge in [0.25, 0.3) is 5.91 Å². The van der Waals surface area contributed by atoms with Crippen LogP contribution in [0.2, 0.25) is 0 Å². The highest BCUT2D eigenvalue weighted by Gasteiger charge is 2.34. The Labute approximate surface area is 139 Å². The van der Waals surface area contributed by atoms with Crippen LogP contribution in [0.25, 0.3) is 5.65 Å². The summed E-state index contributed by atoms with van der Waals surface area (Å²) >= 11 is 0. The second kappa shape index (κ2) is 5.51. The molecular formula is C17H21N5O2. The van der Waals surface area contributed by atoms with Gasteiger partial charge in [0.1, 0.15) is 22.7 Å². The molecule has 1 saturated heterocycles. The van der Waals surface area contributed by atoms with E-state index in [1.54, 1.807) is 10.7 Å². The summed E-state index contributed by atoms with van der Waals surface area (Å²) in [6, 6.07) is 1.96. The summed E-state index contributed by atoms with van der Waals surface area (Å²) in [7, 11) is 1.92. The zero-order valence-corrected chi connectivity index (χ0v) is 14.1. The van der Waals surface area contributed by atoms with Crippen LogP contribution in [0, 0.1) is 0 Å². The molecule has 3 aromatic rings. The number of carbonyl (C=O) groups is 1. The Bertz CT molecular complexity index is 888. The Morgan fingerprint density at radius 2 is 2.21 bits per heavy atom. The van der Waals surface area contributed by atoms with Gasteiger partial charge in [0, 0.05) is 38.0 Å². The van der Waals surface area contributed by atoms with Gasteiger partial charge in [-0.2, -0.15) is 5.10 Å². The van der Waals surface area contributed by atoms with Crippen LogP contribution in [0.1, 0.15) is 60.5 Å². The number of amides is 1. The van der Waals surface area contributed by atoms with Gasteiger partial charge in [-0.1, -0.05) is 19.0 Å². The van der Waals surface area contributed by atoms with Crippen molar-refractivity contribution in [3.63, 3.8) is 0 Å². The lowest BCUT2D eigenvalue weighted by Crippen LogP contribution is -2.30. The molecule has 0 spiro atoms. The van der Waals surface area contributed by atoms with E-state index in [4.69, 9.17) is 4.52 Å². The molecule has 4 heterocycles. The molecule has 7 nitrogen and oxygen atoms in total. The third-order valence-electron chi connectivity index (χ3n) is 4.74. The number of fused-ring (bicyclic) bond motifs is 1. The molecule has 126 valence electrons. The first-order valence-corrected chi connectivity index (χ1v) is 8.32. The highest BCUT2D eigenvalue weighted by atomic mass is 16.5. The van der Waals surface area contributed by atoms with Crippen molar-refractivity contribution < 1.29 is 9.32 Å². The number of aryl methyl sites for hydroxylation is 1. The van der Waals surface area contributed by atoms with Crippen LogP contribution in [0.4, 0.5) is 0 Å². The predicted molar refractivity (Wildman–Crippen MR) is 87.8 cm³/mol. The number of hydrogen-bond donors (Lipinski definition) is 0. The van der Waals surface area contributed by atoms with Crippen LogP contribution in [0.3, 0.4) is 0 Å². The molecule has 1 aliphatic heterocycles. The molecule has 0 bridgehead atoms. The summed E-state index contributed by atoms with van der Waals surface area (Å²) in [5.41, 5.74) is 2.29. The average Bonchev–Trinajstić information content (AvgIpc) is 3.32. The minimum absolute atomic E-state index is 0.00315. The first-order valence-electron chi connectivity index (χ1n) is 8.32. The summed E-state index contributed by atoms with van der Waals surface area (Å²) in [6.07, 6.45) is 7.27. The lowest BCUT2D eigenvalue weighted by Gasteiger charge is -2.22. The van der Waals surface area contributed by atoms with Crippen molar-refractivity contribution in [2.24, 2.45) is 7.05 Å². The van der Waals surface area contributed by atoms with E-state index in [0.29, 0.717) is 5.56 Å². The maximum atomic E-state index is 13.1. The Kier molecular flexibility index (Phi) is 3.44. The molecule has 0 N–H and O–H groups in total. The van der Waals surface area contributed by atoms with E-state index in [2.05, 4.69) is 24.1 Å². The van der Waals surface area contributed by atoms with E-state index < -0.39 is 0 Å². The van der Waals surface area contributed by atoms with Crippen molar-refractivity contribution in [3.8, 4) is 0 Å². The molecular weight excluding hydrogens is 306 g/mol. The maximum Gasteiger partial charge on any atom is 0.259 e. The second-order valence-corrected chi connectivity index (χ2v) is 6.70. The van der Waals surface area contributed by atoms with E-state index in [1.807, 2.05) is 35.0 Å². The molecule has 7 heteroatoms. The number of carbonyl (C=O) groups excluding carboxylic acids is 1. The molecule has 24 heavy (non-hydrogen) atoms. The minimum atomic E-state index is -0.0241. The highest BCUT2D eigenvalue weighted by molar-refractivity contribution is 6.00. The Balaban J connectivity index is 1.66. The van der Waals surface area contributed by atoms with Gasteiger partial charge in [-0.15, -0.1) is 0 Å². The van der Waals surface area contributed by atoms with Crippen molar-refractivity contribution in [3.05, 3.63) is 41.7 Å². The van der Waals surface area contributed by atoms with Crippen molar-refractivity contribution in [1.82, 2.24) is 24.2 Å². The van der Waals surface area contributed by atoms with Crippen LogP contribution in [-0.4, -0.2) is 36.7 Å². The molecule has 4 rings (SSSR count). The third kappa shape index (κ3) is 2.23. The predicted octanol–water partition coefficient (Wildman–Crippen LogP) is 2.76. The van der Waals surface area contributed by atoms with E-state index in [-0.39, 0.29) is 17.9 Å². The first-order chi connectivity index (χ1) is 11.6. The first kappa shape index (κ1) is 15.0. The fraction of sp³-hybridized carbons (Fsp3) is 0.471. The number of rotatable bonds is 3. The molecule has 0 aliphatic carbocycles. The second-order valence-electron chi connectivity index (χ2n) is 6.70. The third-order valence-corrected chi connectivity index (χ3v) is 4.74. The summed E-state index contributed by atoms with van der Waals surface area (Å²) in [5, 5.41) is 8.48. The fourth-order valence-electron chi connectivity index (χ4n) is 3.41. The fourth-order valence-corrected chi connectivity index (χ4v) is 3.41. The van der Waals surface area contributed by atoms with Crippen LogP contribution < -0.4 is 0 Å². The lowest BCUT2D eigenvalue weighted by molar-refractivity contribution is 0.0732. The van der Waals surface area contributed by atoms with Gasteiger partial charge in [0.2, 0.25) is 0 Å². The molecule has 1 aliphatic rings. The van der Waals surface area contributed by atoms with Crippen molar-refractivity contribution >= 4 is 11.6 Å². The molecule has 0 unspecified atom stereocenters. The van der Waals surface area contributed by atoms with E-state index in [9.17, 15) is 4.79 Å². The number of likely N-dealkylation sites (tertiary alicyclic amines) is 1. The van der Waals surface area contributed by atoms with Crippen LogP contribution in [-0.2, 0) is 7.05 Å². The standard InChI is InChI=1S/C17H21N5O2/c1-11(2)15-9-13(19-24-15)14-5-4-6-21(14)17(23)12-10-18-22-8-7-20(3)16(12)22/h7-11,14H,4-6H2,1-3H3/t14-/m1/s1. The number of imidazole rings is 1. The van der Waals surface area contributed by atoms with Gasteiger partial charge in [-0.25, -0.2) is 4.52 Å². The minimum Gasteiger partial charge on any atom is -0.361 e. The highest BCUT2D eigenvalue weighted by Crippen LogP contribution is 2.34. The van der Waals surface area contributed by atoms with E-state index in [0.717, 1.165) is 36.5 Å². The lowest BCUT2D eigenvalue weighted by atomic mass is 10.1. The molecule has 0 aromatic carbocycles. The van der Waals surface area contributed by atoms with Crippen molar-refractivity contribution in [2.45, 2.75) is 38.6 Å². The summed E-state index contributed by atoms with van der Waals surface area (Å²) in [6.45, 7) is 4.87. The number of aromatic nitrogens is 4. The van der Waals surface area contributed by atoms with Gasteiger partial charge in [-0.05, 0) is 12.8 Å².